The minimum atomic E-state index is -0.0733. The van der Waals surface area contributed by atoms with Crippen LogP contribution in [0.1, 0.15) is 31.4 Å². The first-order valence-corrected chi connectivity index (χ1v) is 6.26. The number of nitrogens with zero attached hydrogens (tertiary/aromatic N) is 2. The van der Waals surface area contributed by atoms with Gasteiger partial charge in [-0.25, -0.2) is 4.98 Å². The van der Waals surface area contributed by atoms with E-state index >= 15 is 0 Å². The molecule has 0 atom stereocenters. The highest BCUT2D eigenvalue weighted by atomic mass is 32.2. The van der Waals surface area contributed by atoms with Crippen molar-refractivity contribution < 1.29 is 0 Å². The van der Waals surface area contributed by atoms with Crippen molar-refractivity contribution in [3.8, 4) is 0 Å². The minimum absolute atomic E-state index is 0.0733. The van der Waals surface area contributed by atoms with Gasteiger partial charge in [0.2, 0.25) is 0 Å². The van der Waals surface area contributed by atoms with Crippen LogP contribution < -0.4 is 5.73 Å². The first-order chi connectivity index (χ1) is 6.80. The molecule has 1 aliphatic heterocycles. The fraction of sp³-hybridized carbons (Fsp3) is 0.700. The quantitative estimate of drug-likeness (QED) is 0.766. The number of hydrogen-bond donors (Lipinski definition) is 1. The van der Waals surface area contributed by atoms with Crippen LogP contribution in [0.2, 0.25) is 0 Å². The summed E-state index contributed by atoms with van der Waals surface area (Å²) in [7, 11) is 0. The summed E-state index contributed by atoms with van der Waals surface area (Å²) >= 11 is 1.84. The summed E-state index contributed by atoms with van der Waals surface area (Å²) < 4.78 is 2.32. The second-order valence-corrected chi connectivity index (χ2v) is 5.35. The second-order valence-electron chi connectivity index (χ2n) is 4.29. The van der Waals surface area contributed by atoms with E-state index in [-0.39, 0.29) is 5.54 Å². The van der Waals surface area contributed by atoms with Gasteiger partial charge < -0.3 is 10.3 Å². The summed E-state index contributed by atoms with van der Waals surface area (Å²) in [6.07, 6.45) is 6.78. The second kappa shape index (κ2) is 3.00. The van der Waals surface area contributed by atoms with Gasteiger partial charge in [-0.3, -0.25) is 0 Å². The lowest BCUT2D eigenvalue weighted by molar-refractivity contribution is 0.421. The minimum Gasteiger partial charge on any atom is -0.320 e. The number of thioether (sulfide) groups is 1. The monoisotopic (exact) mass is 209 g/mol. The third-order valence-corrected chi connectivity index (χ3v) is 4.34. The molecule has 76 valence electrons. The maximum atomic E-state index is 6.43. The zero-order valence-corrected chi connectivity index (χ0v) is 9.02. The molecule has 0 unspecified atom stereocenters. The lowest BCUT2D eigenvalue weighted by atomic mass is 9.95. The van der Waals surface area contributed by atoms with Gasteiger partial charge in [-0.1, -0.05) is 24.6 Å². The number of fused-ring (bicyclic) bond motifs is 1. The Labute approximate surface area is 88.1 Å². The Balaban J connectivity index is 2.03. The van der Waals surface area contributed by atoms with Crippen molar-refractivity contribution in [1.29, 1.82) is 0 Å². The zero-order valence-electron chi connectivity index (χ0n) is 8.20. The number of nitrogens with two attached hydrogens (primary N) is 1. The largest absolute Gasteiger partial charge is 0.320 e. The molecular formula is C10H15N3S. The van der Waals surface area contributed by atoms with Crippen molar-refractivity contribution in [2.45, 2.75) is 42.9 Å². The van der Waals surface area contributed by atoms with Gasteiger partial charge in [0.15, 0.2) is 5.16 Å². The summed E-state index contributed by atoms with van der Waals surface area (Å²) in [6.45, 7) is 1.09. The first-order valence-electron chi connectivity index (χ1n) is 5.27. The number of imidazole rings is 1. The van der Waals surface area contributed by atoms with Gasteiger partial charge in [0, 0.05) is 12.3 Å². The molecule has 3 nitrogen and oxygen atoms in total. The Hall–Kier alpha value is -0.480. The maximum Gasteiger partial charge on any atom is 0.168 e. The normalized spacial score (nSPS) is 24.1. The van der Waals surface area contributed by atoms with E-state index in [9.17, 15) is 0 Å². The average molecular weight is 209 g/mol. The van der Waals surface area contributed by atoms with Gasteiger partial charge in [-0.15, -0.1) is 0 Å². The van der Waals surface area contributed by atoms with Crippen molar-refractivity contribution in [3.05, 3.63) is 11.9 Å². The molecule has 3 rings (SSSR count). The number of aromatic nitrogens is 2. The molecule has 1 fully saturated rings. The Morgan fingerprint density at radius 3 is 3.00 bits per heavy atom. The van der Waals surface area contributed by atoms with Crippen molar-refractivity contribution in [2.75, 3.05) is 5.75 Å². The van der Waals surface area contributed by atoms with Gasteiger partial charge in [0.25, 0.3) is 0 Å². The summed E-state index contributed by atoms with van der Waals surface area (Å²) in [5.41, 5.74) is 7.63. The molecular weight excluding hydrogens is 194 g/mol. The highest BCUT2D eigenvalue weighted by Crippen LogP contribution is 2.39. The van der Waals surface area contributed by atoms with E-state index < -0.39 is 0 Å². The van der Waals surface area contributed by atoms with Crippen LogP contribution in [-0.4, -0.2) is 15.3 Å². The average Bonchev–Trinajstić information content (AvgIpc) is 2.76. The molecule has 2 aliphatic rings. The molecule has 2 N–H and O–H groups in total. The highest BCUT2D eigenvalue weighted by Gasteiger charge is 2.35. The fourth-order valence-electron chi connectivity index (χ4n) is 2.58. The highest BCUT2D eigenvalue weighted by molar-refractivity contribution is 7.99. The van der Waals surface area contributed by atoms with Crippen LogP contribution in [0.25, 0.3) is 0 Å². The number of hydrogen-bond acceptors (Lipinski definition) is 3. The van der Waals surface area contributed by atoms with Gasteiger partial charge in [0.05, 0.1) is 17.4 Å². The molecule has 0 spiro atoms. The molecule has 0 saturated heterocycles. The van der Waals surface area contributed by atoms with Crippen LogP contribution in [0.3, 0.4) is 0 Å². The molecule has 1 aromatic rings. The van der Waals surface area contributed by atoms with Crippen molar-refractivity contribution in [3.63, 3.8) is 0 Å². The molecule has 0 aromatic carbocycles. The van der Waals surface area contributed by atoms with Gasteiger partial charge in [-0.05, 0) is 12.8 Å². The Morgan fingerprint density at radius 2 is 2.21 bits per heavy atom. The predicted molar refractivity (Wildman–Crippen MR) is 57.3 cm³/mol. The summed E-state index contributed by atoms with van der Waals surface area (Å²) in [5.74, 6) is 1.16. The predicted octanol–water partition coefficient (Wildman–Crippen LogP) is 1.72. The lowest BCUT2D eigenvalue weighted by Gasteiger charge is -2.24. The molecule has 0 amide bonds. The van der Waals surface area contributed by atoms with E-state index in [1.54, 1.807) is 0 Å². The zero-order chi connectivity index (χ0) is 9.60. The number of rotatable bonds is 1. The van der Waals surface area contributed by atoms with E-state index in [1.165, 1.54) is 18.5 Å². The van der Waals surface area contributed by atoms with Crippen LogP contribution >= 0.6 is 11.8 Å². The summed E-state index contributed by atoms with van der Waals surface area (Å²) in [6, 6.07) is 0. The Morgan fingerprint density at radius 1 is 1.43 bits per heavy atom. The summed E-state index contributed by atoms with van der Waals surface area (Å²) in [5, 5.41) is 1.16. The first kappa shape index (κ1) is 8.80. The Bertz CT molecular complexity index is 352. The van der Waals surface area contributed by atoms with E-state index in [2.05, 4.69) is 9.55 Å². The Kier molecular flexibility index (Phi) is 1.89. The van der Waals surface area contributed by atoms with Crippen LogP contribution in [0.4, 0.5) is 0 Å². The molecule has 0 radical (unpaired) electrons. The SMILES string of the molecule is NC1(c2cnc3n2CCS3)CCCC1. The smallest absolute Gasteiger partial charge is 0.168 e. The van der Waals surface area contributed by atoms with E-state index in [1.807, 2.05) is 18.0 Å². The molecule has 2 heterocycles. The topological polar surface area (TPSA) is 43.8 Å². The molecule has 14 heavy (non-hydrogen) atoms. The fourth-order valence-corrected chi connectivity index (χ4v) is 3.51. The molecule has 1 aliphatic carbocycles. The maximum absolute atomic E-state index is 6.43. The van der Waals surface area contributed by atoms with E-state index in [0.717, 1.165) is 30.3 Å². The molecule has 1 aromatic heterocycles. The van der Waals surface area contributed by atoms with Crippen molar-refractivity contribution in [1.82, 2.24) is 9.55 Å². The van der Waals surface area contributed by atoms with Crippen molar-refractivity contribution >= 4 is 11.8 Å². The van der Waals surface area contributed by atoms with Crippen LogP contribution in [0.5, 0.6) is 0 Å². The van der Waals surface area contributed by atoms with Gasteiger partial charge >= 0.3 is 0 Å². The van der Waals surface area contributed by atoms with Gasteiger partial charge in [-0.2, -0.15) is 0 Å². The molecule has 0 bridgehead atoms. The van der Waals surface area contributed by atoms with Crippen LogP contribution in [0, 0.1) is 0 Å². The van der Waals surface area contributed by atoms with Crippen LogP contribution in [0.15, 0.2) is 11.4 Å². The van der Waals surface area contributed by atoms with Gasteiger partial charge in [0.1, 0.15) is 0 Å². The third kappa shape index (κ3) is 1.13. The van der Waals surface area contributed by atoms with Crippen LogP contribution in [-0.2, 0) is 12.1 Å². The standard InChI is InChI=1S/C10H15N3S/c11-10(3-1-2-4-10)8-7-12-9-13(8)5-6-14-9/h7H,1-6,11H2. The summed E-state index contributed by atoms with van der Waals surface area (Å²) in [4.78, 5) is 4.43. The van der Waals surface area contributed by atoms with E-state index in [0.29, 0.717) is 0 Å². The molecule has 1 saturated carbocycles. The third-order valence-electron chi connectivity index (χ3n) is 3.37. The van der Waals surface area contributed by atoms with Crippen molar-refractivity contribution in [2.24, 2.45) is 5.73 Å². The van der Waals surface area contributed by atoms with E-state index in [4.69, 9.17) is 5.73 Å². The molecule has 4 heteroatoms. The lowest BCUT2D eigenvalue weighted by Crippen LogP contribution is -2.35.